The fraction of sp³-hybridized carbons (Fsp3) is 0.488. The van der Waals surface area contributed by atoms with Crippen LogP contribution in [0.3, 0.4) is 0 Å². The number of esters is 1. The van der Waals surface area contributed by atoms with Crippen molar-refractivity contribution in [2.24, 2.45) is 0 Å². The monoisotopic (exact) mass is 675 g/mol. The Morgan fingerprint density at radius 1 is 0.694 bits per heavy atom. The van der Waals surface area contributed by atoms with Gasteiger partial charge in [0.2, 0.25) is 0 Å². The van der Waals surface area contributed by atoms with Crippen LogP contribution in [-0.2, 0) is 24.0 Å². The van der Waals surface area contributed by atoms with Crippen molar-refractivity contribution in [1.29, 1.82) is 0 Å². The van der Waals surface area contributed by atoms with Crippen LogP contribution in [-0.4, -0.2) is 52.7 Å². The van der Waals surface area contributed by atoms with Crippen LogP contribution in [0.4, 0.5) is 5.69 Å². The fourth-order valence-corrected chi connectivity index (χ4v) is 6.00. The topological polar surface area (TPSA) is 124 Å². The van der Waals surface area contributed by atoms with E-state index in [1.54, 1.807) is 30.3 Å². The second kappa shape index (κ2) is 21.6. The van der Waals surface area contributed by atoms with Crippen LogP contribution in [0.5, 0.6) is 11.5 Å². The van der Waals surface area contributed by atoms with Crippen molar-refractivity contribution in [3.05, 3.63) is 87.5 Å². The van der Waals surface area contributed by atoms with Gasteiger partial charge in [-0.25, -0.2) is 9.59 Å². The van der Waals surface area contributed by atoms with Crippen LogP contribution >= 0.6 is 0 Å². The first-order chi connectivity index (χ1) is 23.6. The molecule has 0 radical (unpaired) electrons. The second-order valence-corrected chi connectivity index (χ2v) is 12.1. The van der Waals surface area contributed by atoms with E-state index in [9.17, 15) is 29.7 Å². The Labute approximate surface area is 293 Å². The van der Waals surface area contributed by atoms with E-state index in [-0.39, 0.29) is 34.0 Å². The number of carbonyl (C=O) groups is 3. The molecule has 0 bridgehead atoms. The summed E-state index contributed by atoms with van der Waals surface area (Å²) >= 11 is 0. The van der Waals surface area contributed by atoms with E-state index < -0.39 is 11.9 Å². The third kappa shape index (κ3) is 11.4. The van der Waals surface area contributed by atoms with E-state index in [0.29, 0.717) is 49.4 Å². The van der Waals surface area contributed by atoms with Gasteiger partial charge in [-0.2, -0.15) is 0 Å². The third-order valence-electron chi connectivity index (χ3n) is 8.83. The van der Waals surface area contributed by atoms with Gasteiger partial charge in [0, 0.05) is 18.7 Å². The zero-order valence-corrected chi connectivity index (χ0v) is 30.4. The van der Waals surface area contributed by atoms with Gasteiger partial charge in [0.05, 0.1) is 23.4 Å². The minimum Gasteiger partial charge on any atom is -0.507 e. The highest BCUT2D eigenvalue weighted by Crippen LogP contribution is 2.38. The number of nitrogens with zero attached hydrogens (tertiary/aromatic N) is 1. The summed E-state index contributed by atoms with van der Waals surface area (Å²) < 4.78 is 5.23. The van der Waals surface area contributed by atoms with Gasteiger partial charge in [-0.15, -0.1) is 0 Å². The molecule has 3 aromatic rings. The van der Waals surface area contributed by atoms with Crippen molar-refractivity contribution in [3.63, 3.8) is 0 Å². The molecule has 0 saturated heterocycles. The molecule has 8 nitrogen and oxygen atoms in total. The molecule has 0 fully saturated rings. The minimum absolute atomic E-state index is 0.0883. The molecule has 0 aromatic heterocycles. The van der Waals surface area contributed by atoms with Crippen molar-refractivity contribution in [2.75, 3.05) is 24.6 Å². The minimum atomic E-state index is -1.08. The standard InChI is InChI=1S/C24H31NO4.C17H26O3/c1-4-7-8-12-15-18-19(24(28)29)16-20(25(5-2)6-3)23(27)21(18)22(26)17-13-10-9-11-14-17;1-4-7-8-9-12-20-17(19)15-11-10-13(5-2)14(6-3)16(15)18/h9-11,13-14,16,27H,4-8,12,15H2,1-3H3,(H,28,29);10-11,18H,4-9,12H2,1-3H3. The molecule has 0 spiro atoms. The SMILES string of the molecule is CCCCCCOC(=O)c1ccc(CC)c(CC)c1O.CCCCCCc1c(C(=O)O)cc(N(CC)CC)c(O)c1C(=O)c1ccccc1. The number of hydrogen-bond acceptors (Lipinski definition) is 7. The molecule has 268 valence electrons. The first-order valence-electron chi connectivity index (χ1n) is 18.1. The summed E-state index contributed by atoms with van der Waals surface area (Å²) in [4.78, 5) is 39.3. The zero-order chi connectivity index (χ0) is 36.3. The first-order valence-corrected chi connectivity index (χ1v) is 18.1. The average Bonchev–Trinajstić information content (AvgIpc) is 3.11. The lowest BCUT2D eigenvalue weighted by Gasteiger charge is -2.25. The Morgan fingerprint density at radius 2 is 1.33 bits per heavy atom. The maximum Gasteiger partial charge on any atom is 0.341 e. The fourth-order valence-electron chi connectivity index (χ4n) is 6.00. The van der Waals surface area contributed by atoms with Gasteiger partial charge in [0.25, 0.3) is 0 Å². The molecule has 0 aliphatic heterocycles. The Bertz CT molecular complexity index is 1500. The van der Waals surface area contributed by atoms with Gasteiger partial charge in [-0.3, -0.25) is 4.79 Å². The number of ether oxygens (including phenoxy) is 1. The van der Waals surface area contributed by atoms with Crippen LogP contribution in [0, 0.1) is 0 Å². The van der Waals surface area contributed by atoms with E-state index in [2.05, 4.69) is 13.8 Å². The second-order valence-electron chi connectivity index (χ2n) is 12.1. The molecule has 0 amide bonds. The van der Waals surface area contributed by atoms with Crippen LogP contribution in [0.1, 0.15) is 146 Å². The van der Waals surface area contributed by atoms with Gasteiger partial charge in [-0.1, -0.05) is 103 Å². The predicted octanol–water partition coefficient (Wildman–Crippen LogP) is 9.54. The number of rotatable bonds is 19. The van der Waals surface area contributed by atoms with Crippen molar-refractivity contribution < 1.29 is 34.4 Å². The molecule has 0 aliphatic rings. The zero-order valence-electron chi connectivity index (χ0n) is 30.4. The molecule has 3 aromatic carbocycles. The van der Waals surface area contributed by atoms with Gasteiger partial charge < -0.3 is 25.0 Å². The molecule has 0 unspecified atom stereocenters. The number of phenols is 2. The Morgan fingerprint density at radius 3 is 1.88 bits per heavy atom. The van der Waals surface area contributed by atoms with Gasteiger partial charge in [0.1, 0.15) is 17.1 Å². The number of aryl methyl sites for hydroxylation is 1. The summed E-state index contributed by atoms with van der Waals surface area (Å²) in [5.74, 6) is -1.88. The van der Waals surface area contributed by atoms with E-state index in [1.165, 1.54) is 6.07 Å². The van der Waals surface area contributed by atoms with Gasteiger partial charge in [-0.05, 0) is 74.8 Å². The van der Waals surface area contributed by atoms with Crippen LogP contribution < -0.4 is 4.90 Å². The maximum atomic E-state index is 13.3. The van der Waals surface area contributed by atoms with Crippen molar-refractivity contribution in [1.82, 2.24) is 0 Å². The summed E-state index contributed by atoms with van der Waals surface area (Å²) in [6.07, 6.45) is 10.1. The number of unbranched alkanes of at least 4 members (excludes halogenated alkanes) is 6. The summed E-state index contributed by atoms with van der Waals surface area (Å²) in [5, 5.41) is 31.2. The molecule has 3 rings (SSSR count). The Kier molecular flexibility index (Phi) is 18.0. The lowest BCUT2D eigenvalue weighted by molar-refractivity contribution is 0.0493. The number of phenolic OH excluding ortho intramolecular Hbond substituents is 2. The molecule has 49 heavy (non-hydrogen) atoms. The number of ketones is 1. The van der Waals surface area contributed by atoms with E-state index in [1.807, 2.05) is 44.7 Å². The number of carboxylic acid groups (broad SMARTS) is 1. The number of carboxylic acids is 1. The van der Waals surface area contributed by atoms with Crippen LogP contribution in [0.2, 0.25) is 0 Å². The molecule has 0 saturated carbocycles. The summed E-state index contributed by atoms with van der Waals surface area (Å²) in [7, 11) is 0. The van der Waals surface area contributed by atoms with Crippen LogP contribution in [0.15, 0.2) is 48.5 Å². The molecule has 0 heterocycles. The van der Waals surface area contributed by atoms with Crippen molar-refractivity contribution >= 4 is 23.4 Å². The number of aromatic hydroxyl groups is 2. The predicted molar refractivity (Wildman–Crippen MR) is 198 cm³/mol. The molecule has 0 aliphatic carbocycles. The van der Waals surface area contributed by atoms with E-state index in [4.69, 9.17) is 4.74 Å². The third-order valence-corrected chi connectivity index (χ3v) is 8.83. The maximum absolute atomic E-state index is 13.3. The lowest BCUT2D eigenvalue weighted by Crippen LogP contribution is -2.24. The van der Waals surface area contributed by atoms with Crippen molar-refractivity contribution in [3.8, 4) is 11.5 Å². The summed E-state index contributed by atoms with van der Waals surface area (Å²) in [6, 6.07) is 13.8. The molecule has 0 atom stereocenters. The Hall–Kier alpha value is -4.33. The quantitative estimate of drug-likeness (QED) is 0.0652. The lowest BCUT2D eigenvalue weighted by atomic mass is 9.89. The number of hydrogen-bond donors (Lipinski definition) is 3. The number of aromatic carboxylic acids is 1. The van der Waals surface area contributed by atoms with E-state index >= 15 is 0 Å². The van der Waals surface area contributed by atoms with Crippen LogP contribution in [0.25, 0.3) is 0 Å². The summed E-state index contributed by atoms with van der Waals surface area (Å²) in [5.41, 5.74) is 3.70. The molecular formula is C41H57NO7. The number of anilines is 1. The van der Waals surface area contributed by atoms with Gasteiger partial charge >= 0.3 is 11.9 Å². The smallest absolute Gasteiger partial charge is 0.341 e. The summed E-state index contributed by atoms with van der Waals surface area (Å²) in [6.45, 7) is 13.8. The number of carbonyl (C=O) groups excluding carboxylic acids is 2. The first kappa shape index (κ1) is 40.8. The van der Waals surface area contributed by atoms with Crippen molar-refractivity contribution in [2.45, 2.75) is 112 Å². The highest BCUT2D eigenvalue weighted by molar-refractivity contribution is 6.14. The number of benzene rings is 3. The highest BCUT2D eigenvalue weighted by Gasteiger charge is 2.28. The van der Waals surface area contributed by atoms with E-state index in [0.717, 1.165) is 68.9 Å². The molecule has 8 heteroatoms. The average molecular weight is 676 g/mol. The molecule has 3 N–H and O–H groups in total. The normalized spacial score (nSPS) is 10.7. The molecular weight excluding hydrogens is 618 g/mol. The highest BCUT2D eigenvalue weighted by atomic mass is 16.5. The Balaban J connectivity index is 0.000000365. The van der Waals surface area contributed by atoms with Gasteiger partial charge in [0.15, 0.2) is 5.78 Å². The largest absolute Gasteiger partial charge is 0.507 e.